The fraction of sp³-hybridized carbons (Fsp3) is 0.725. The normalized spacial score (nSPS) is 26.5. The Balaban J connectivity index is 2.09. The number of ether oxygens (including phenoxy) is 1. The molecule has 49 heavy (non-hydrogen) atoms. The highest BCUT2D eigenvalue weighted by Gasteiger charge is 2.50. The number of esters is 1. The monoisotopic (exact) mass is 712 g/mol. The number of hydrogen-bond donors (Lipinski definition) is 0. The van der Waals surface area contributed by atoms with E-state index in [0.717, 1.165) is 41.7 Å². The van der Waals surface area contributed by atoms with E-state index >= 15 is 0 Å². The van der Waals surface area contributed by atoms with Gasteiger partial charge in [0.2, 0.25) is 0 Å². The highest BCUT2D eigenvalue weighted by molar-refractivity contribution is 6.74. The van der Waals surface area contributed by atoms with Crippen molar-refractivity contribution in [1.29, 1.82) is 0 Å². The number of Topliss-reactive ketones (excluding diaryl/α,β-unsaturated/α-hetero) is 1. The Morgan fingerprint density at radius 3 is 2.12 bits per heavy atom. The number of imidazole rings is 1. The highest BCUT2D eigenvalue weighted by atomic mass is 28.4. The van der Waals surface area contributed by atoms with E-state index in [1.54, 1.807) is 0 Å². The van der Waals surface area contributed by atoms with Crippen molar-refractivity contribution in [3.63, 3.8) is 0 Å². The van der Waals surface area contributed by atoms with Crippen LogP contribution in [0.4, 0.5) is 0 Å². The molecule has 7 nitrogen and oxygen atoms in total. The van der Waals surface area contributed by atoms with E-state index in [0.29, 0.717) is 6.42 Å². The summed E-state index contributed by atoms with van der Waals surface area (Å²) in [5, 5.41) is -0.0971. The van der Waals surface area contributed by atoms with Gasteiger partial charge >= 0.3 is 5.97 Å². The first kappa shape index (κ1) is 41.3. The molecule has 2 heterocycles. The maximum absolute atomic E-state index is 14.8. The lowest BCUT2D eigenvalue weighted by Crippen LogP contribution is -2.54. The van der Waals surface area contributed by atoms with Gasteiger partial charge < -0.3 is 18.2 Å². The molecule has 1 aromatic carbocycles. The molecule has 0 amide bonds. The van der Waals surface area contributed by atoms with Crippen molar-refractivity contribution in [3.8, 4) is 0 Å². The van der Waals surface area contributed by atoms with Gasteiger partial charge in [-0.2, -0.15) is 0 Å². The van der Waals surface area contributed by atoms with Gasteiger partial charge in [0.05, 0.1) is 29.7 Å². The molecular formula is C40H68N2O5Si2. The summed E-state index contributed by atoms with van der Waals surface area (Å²) in [6, 6.07) is 6.13. The number of rotatable bonds is 5. The summed E-state index contributed by atoms with van der Waals surface area (Å²) in [6.45, 7) is 32.4. The number of allylic oxidation sites excluding steroid dienone is 1. The number of benzene rings is 1. The van der Waals surface area contributed by atoms with E-state index in [1.807, 2.05) is 46.9 Å². The molecule has 3 rings (SSSR count). The predicted molar refractivity (Wildman–Crippen MR) is 208 cm³/mol. The van der Waals surface area contributed by atoms with Gasteiger partial charge in [0.25, 0.3) is 0 Å². The van der Waals surface area contributed by atoms with Crippen LogP contribution in [0.2, 0.25) is 36.3 Å². The summed E-state index contributed by atoms with van der Waals surface area (Å²) in [5.41, 5.74) is 1.88. The average molecular weight is 713 g/mol. The van der Waals surface area contributed by atoms with Crippen molar-refractivity contribution in [3.05, 3.63) is 41.7 Å². The zero-order valence-corrected chi connectivity index (χ0v) is 35.7. The van der Waals surface area contributed by atoms with Crippen LogP contribution < -0.4 is 0 Å². The first-order chi connectivity index (χ1) is 22.3. The molecule has 0 radical (unpaired) electrons. The van der Waals surface area contributed by atoms with Crippen LogP contribution >= 0.6 is 0 Å². The van der Waals surface area contributed by atoms with E-state index in [4.69, 9.17) is 18.6 Å². The molecule has 1 aromatic heterocycles. The highest BCUT2D eigenvalue weighted by Crippen LogP contribution is 2.44. The second kappa shape index (κ2) is 15.3. The summed E-state index contributed by atoms with van der Waals surface area (Å²) in [7, 11) is -2.59. The predicted octanol–water partition coefficient (Wildman–Crippen LogP) is 10.6. The molecule has 0 bridgehead atoms. The Labute approximate surface area is 300 Å². The first-order valence-electron chi connectivity index (χ1n) is 18.5. The van der Waals surface area contributed by atoms with E-state index in [9.17, 15) is 9.59 Å². The topological polar surface area (TPSA) is 79.7 Å². The molecule has 1 aliphatic rings. The van der Waals surface area contributed by atoms with E-state index < -0.39 is 34.3 Å². The van der Waals surface area contributed by atoms with Gasteiger partial charge in [0.15, 0.2) is 16.6 Å². The number of cyclic esters (lactones) is 1. The summed E-state index contributed by atoms with van der Waals surface area (Å²) in [6.07, 6.45) is 6.40. The number of hydrogen-bond acceptors (Lipinski definition) is 6. The van der Waals surface area contributed by atoms with Crippen LogP contribution in [0, 0.1) is 24.2 Å². The van der Waals surface area contributed by atoms with Crippen molar-refractivity contribution < 1.29 is 23.2 Å². The fourth-order valence-corrected chi connectivity index (χ4v) is 9.22. The molecule has 0 unspecified atom stereocenters. The first-order valence-corrected chi connectivity index (χ1v) is 24.3. The lowest BCUT2D eigenvalue weighted by atomic mass is 9.73. The van der Waals surface area contributed by atoms with Crippen molar-refractivity contribution >= 4 is 39.4 Å². The van der Waals surface area contributed by atoms with Crippen LogP contribution in [-0.2, 0) is 30.2 Å². The molecular weight excluding hydrogens is 645 g/mol. The number of fused-ring (bicyclic) bond motifs is 1. The molecule has 0 fully saturated rings. The van der Waals surface area contributed by atoms with Crippen LogP contribution in [-0.4, -0.2) is 50.1 Å². The minimum absolute atomic E-state index is 0.00750. The molecule has 0 saturated carbocycles. The van der Waals surface area contributed by atoms with E-state index in [-0.39, 0.29) is 46.2 Å². The van der Waals surface area contributed by atoms with Gasteiger partial charge in [-0.15, -0.1) is 0 Å². The minimum Gasteiger partial charge on any atom is -0.457 e. The average Bonchev–Trinajstić information content (AvgIpc) is 3.26. The van der Waals surface area contributed by atoms with Gasteiger partial charge in [-0.05, 0) is 86.1 Å². The Kier molecular flexibility index (Phi) is 12.9. The van der Waals surface area contributed by atoms with Crippen LogP contribution in [0.5, 0.6) is 0 Å². The number of carbonyl (C=O) groups is 2. The van der Waals surface area contributed by atoms with Crippen LogP contribution in [0.25, 0.3) is 11.0 Å². The van der Waals surface area contributed by atoms with Gasteiger partial charge in [0, 0.05) is 24.8 Å². The molecule has 0 N–H and O–H groups in total. The standard InChI is InChI=1S/C40H68N2O5Si2/c1-27-21-19-17-18-20-22-33(30-23-24-32-31(25-30)41-29(3)42(32)12)45-35(43)26-34(46-48(13,14)38(4,5)6)40(10,11)37(44)28(2)36(27)47-49(15,16)39(7,8)9/h18,20,23-25,27-28,33-34,36H,17,19,21-22,26H2,1-16H3/b20-18-/t27-,28+,33-,34-,36-/m0/s1. The Bertz CT molecular complexity index is 1490. The third-order valence-electron chi connectivity index (χ3n) is 12.1. The zero-order valence-electron chi connectivity index (χ0n) is 33.7. The smallest absolute Gasteiger partial charge is 0.309 e. The van der Waals surface area contributed by atoms with Crippen LogP contribution in [0.1, 0.15) is 119 Å². The lowest BCUT2D eigenvalue weighted by molar-refractivity contribution is -0.155. The zero-order chi connectivity index (χ0) is 37.3. The van der Waals surface area contributed by atoms with Gasteiger partial charge in [0.1, 0.15) is 17.7 Å². The minimum atomic E-state index is -2.40. The summed E-state index contributed by atoms with van der Waals surface area (Å²) >= 11 is 0. The molecule has 2 aromatic rings. The van der Waals surface area contributed by atoms with Gasteiger partial charge in [-0.1, -0.05) is 87.5 Å². The summed E-state index contributed by atoms with van der Waals surface area (Å²) in [5.74, 6) is 0.475. The fourth-order valence-electron chi connectivity index (χ4n) is 6.31. The van der Waals surface area contributed by atoms with Gasteiger partial charge in [-0.25, -0.2) is 4.98 Å². The molecule has 9 heteroatoms. The maximum Gasteiger partial charge on any atom is 0.309 e. The number of aromatic nitrogens is 2. The number of carbonyl (C=O) groups excluding carboxylic acids is 2. The van der Waals surface area contributed by atoms with Crippen molar-refractivity contribution in [2.45, 2.75) is 163 Å². The summed E-state index contributed by atoms with van der Waals surface area (Å²) in [4.78, 5) is 33.6. The Morgan fingerprint density at radius 2 is 1.53 bits per heavy atom. The quantitative estimate of drug-likeness (QED) is 0.174. The van der Waals surface area contributed by atoms with Crippen LogP contribution in [0.3, 0.4) is 0 Å². The molecule has 1 aliphatic heterocycles. The third kappa shape index (κ3) is 9.63. The Hall–Kier alpha value is -2.08. The van der Waals surface area contributed by atoms with Crippen molar-refractivity contribution in [1.82, 2.24) is 9.55 Å². The Morgan fingerprint density at radius 1 is 0.939 bits per heavy atom. The second-order valence-corrected chi connectivity index (χ2v) is 27.9. The molecule has 0 aliphatic carbocycles. The van der Waals surface area contributed by atoms with E-state index in [2.05, 4.69) is 97.4 Å². The van der Waals surface area contributed by atoms with Gasteiger partial charge in [-0.3, -0.25) is 9.59 Å². The molecule has 276 valence electrons. The number of nitrogens with zero attached hydrogens (tertiary/aromatic N) is 2. The van der Waals surface area contributed by atoms with Crippen molar-refractivity contribution in [2.75, 3.05) is 0 Å². The molecule has 0 saturated heterocycles. The third-order valence-corrected chi connectivity index (χ3v) is 21.0. The lowest BCUT2D eigenvalue weighted by Gasteiger charge is -2.46. The summed E-state index contributed by atoms with van der Waals surface area (Å²) < 4.78 is 22.6. The largest absolute Gasteiger partial charge is 0.457 e. The molecule has 0 spiro atoms. The SMILES string of the molecule is Cc1nc2cc([C@@H]3C/C=C\CCC[C@H](C)[C@H](O[Si](C)(C)C(C)(C)C)[C@@H](C)C(=O)C(C)(C)[C@@H](O[Si](C)(C)C(C)(C)C)CC(=O)O3)ccc2n1C. The molecule has 5 atom stereocenters. The number of ketones is 1. The number of aryl methyl sites for hydroxylation is 2. The maximum atomic E-state index is 14.8. The van der Waals surface area contributed by atoms with E-state index in [1.165, 1.54) is 0 Å². The second-order valence-electron chi connectivity index (χ2n) is 18.3. The van der Waals surface area contributed by atoms with Crippen molar-refractivity contribution in [2.24, 2.45) is 24.3 Å². The van der Waals surface area contributed by atoms with Crippen LogP contribution in [0.15, 0.2) is 30.4 Å².